The standard InChI is InChI=1S/C69H127N2O7P/c1-7-10-13-16-19-22-25-27-29-31-32-33-34-35-36-37-38-40-42-44-47-50-53-56-59-62-69(73)78-67(60-57-54-51-48-45-24-21-18-15-12-9-3)66(65-77-79(74,75)76-64-63-71(4,5)6)70-68(72)61-58-55-52-49-46-43-41-39-30-28-26-23-20-17-14-11-8-2/h19-20,22-23,27-30,32-33,57,60,66-67H,7-18,21,24-26,31,34-56,58-59,61-65H2,1-6H3,(H-,70,72,74,75)/b22-19-,23-20-,29-27-,30-28-,33-32-,60-57-. The zero-order chi connectivity index (χ0) is 57.9. The van der Waals surface area contributed by atoms with Crippen molar-refractivity contribution in [1.82, 2.24) is 5.32 Å². The molecule has 0 aromatic rings. The van der Waals surface area contributed by atoms with Gasteiger partial charge in [-0.05, 0) is 102 Å². The van der Waals surface area contributed by atoms with Crippen LogP contribution in [-0.4, -0.2) is 69.4 Å². The van der Waals surface area contributed by atoms with E-state index in [0.29, 0.717) is 17.4 Å². The fraction of sp³-hybridized carbons (Fsp3) is 0.797. The lowest BCUT2D eigenvalue weighted by Crippen LogP contribution is -2.47. The Labute approximate surface area is 489 Å². The van der Waals surface area contributed by atoms with Crippen molar-refractivity contribution in [3.05, 3.63) is 72.9 Å². The van der Waals surface area contributed by atoms with Crippen LogP contribution in [0, 0.1) is 0 Å². The first-order valence-electron chi connectivity index (χ1n) is 33.2. The Kier molecular flexibility index (Phi) is 56.7. The zero-order valence-corrected chi connectivity index (χ0v) is 53.5. The maximum Gasteiger partial charge on any atom is 0.306 e. The second-order valence-electron chi connectivity index (χ2n) is 23.6. The van der Waals surface area contributed by atoms with Crippen molar-refractivity contribution in [1.29, 1.82) is 0 Å². The maximum atomic E-state index is 13.5. The molecule has 10 heteroatoms. The molecule has 3 atom stereocenters. The van der Waals surface area contributed by atoms with Gasteiger partial charge in [-0.15, -0.1) is 0 Å². The summed E-state index contributed by atoms with van der Waals surface area (Å²) in [5.74, 6) is -0.547. The van der Waals surface area contributed by atoms with Gasteiger partial charge in [0.15, 0.2) is 0 Å². The summed E-state index contributed by atoms with van der Waals surface area (Å²) in [4.78, 5) is 40.0. The summed E-state index contributed by atoms with van der Waals surface area (Å²) >= 11 is 0. The third-order valence-electron chi connectivity index (χ3n) is 14.6. The Morgan fingerprint density at radius 1 is 0.443 bits per heavy atom. The summed E-state index contributed by atoms with van der Waals surface area (Å²) in [6.07, 6.45) is 75.9. The van der Waals surface area contributed by atoms with Gasteiger partial charge in [0.2, 0.25) is 5.91 Å². The van der Waals surface area contributed by atoms with E-state index in [9.17, 15) is 19.0 Å². The van der Waals surface area contributed by atoms with E-state index in [0.717, 1.165) is 89.9 Å². The highest BCUT2D eigenvalue weighted by Gasteiger charge is 2.27. The van der Waals surface area contributed by atoms with Gasteiger partial charge in [0.05, 0.1) is 33.8 Å². The van der Waals surface area contributed by atoms with Crippen molar-refractivity contribution in [3.63, 3.8) is 0 Å². The fourth-order valence-electron chi connectivity index (χ4n) is 9.44. The molecule has 0 aliphatic carbocycles. The predicted molar refractivity (Wildman–Crippen MR) is 339 cm³/mol. The van der Waals surface area contributed by atoms with Crippen molar-refractivity contribution >= 4 is 19.7 Å². The molecule has 79 heavy (non-hydrogen) atoms. The summed E-state index contributed by atoms with van der Waals surface area (Å²) < 4.78 is 30.4. The van der Waals surface area contributed by atoms with Crippen LogP contribution in [0.15, 0.2) is 72.9 Å². The van der Waals surface area contributed by atoms with Crippen LogP contribution in [-0.2, 0) is 27.9 Å². The molecule has 0 fully saturated rings. The van der Waals surface area contributed by atoms with E-state index in [1.54, 1.807) is 0 Å². The minimum Gasteiger partial charge on any atom is -0.756 e. The van der Waals surface area contributed by atoms with Crippen LogP contribution in [0.5, 0.6) is 0 Å². The van der Waals surface area contributed by atoms with E-state index in [1.807, 2.05) is 33.3 Å². The molecule has 0 heterocycles. The molecule has 0 aliphatic rings. The van der Waals surface area contributed by atoms with Crippen LogP contribution >= 0.6 is 7.82 Å². The van der Waals surface area contributed by atoms with Gasteiger partial charge in [-0.25, -0.2) is 0 Å². The molecule has 0 aliphatic heterocycles. The minimum absolute atomic E-state index is 0.0257. The van der Waals surface area contributed by atoms with Crippen LogP contribution in [0.1, 0.15) is 303 Å². The van der Waals surface area contributed by atoms with Crippen LogP contribution < -0.4 is 10.2 Å². The van der Waals surface area contributed by atoms with Gasteiger partial charge in [0.25, 0.3) is 7.82 Å². The first-order valence-corrected chi connectivity index (χ1v) is 34.7. The molecule has 0 radical (unpaired) electrons. The number of unbranched alkanes of at least 4 members (excludes halogenated alkanes) is 34. The summed E-state index contributed by atoms with van der Waals surface area (Å²) in [7, 11) is 1.18. The Balaban J connectivity index is 5.09. The number of rotatable bonds is 60. The van der Waals surface area contributed by atoms with E-state index >= 15 is 0 Å². The summed E-state index contributed by atoms with van der Waals surface area (Å²) in [6.45, 7) is 6.80. The van der Waals surface area contributed by atoms with Gasteiger partial charge < -0.3 is 28.5 Å². The third-order valence-corrected chi connectivity index (χ3v) is 15.6. The van der Waals surface area contributed by atoms with Crippen LogP contribution in [0.4, 0.5) is 0 Å². The Morgan fingerprint density at radius 3 is 1.18 bits per heavy atom. The summed E-state index contributed by atoms with van der Waals surface area (Å²) in [6, 6.07) is -0.895. The first-order chi connectivity index (χ1) is 38.4. The average Bonchev–Trinajstić information content (AvgIpc) is 3.41. The van der Waals surface area contributed by atoms with Crippen LogP contribution in [0.25, 0.3) is 0 Å². The smallest absolute Gasteiger partial charge is 0.306 e. The number of nitrogens with zero attached hydrogens (tertiary/aromatic N) is 1. The predicted octanol–water partition coefficient (Wildman–Crippen LogP) is 20.2. The highest BCUT2D eigenvalue weighted by Crippen LogP contribution is 2.38. The quantitative estimate of drug-likeness (QED) is 0.0212. The lowest BCUT2D eigenvalue weighted by molar-refractivity contribution is -0.870. The lowest BCUT2D eigenvalue weighted by atomic mass is 10.0. The molecule has 0 saturated carbocycles. The Morgan fingerprint density at radius 2 is 0.772 bits per heavy atom. The Hall–Kier alpha value is -2.55. The lowest BCUT2D eigenvalue weighted by Gasteiger charge is -2.30. The second kappa shape index (κ2) is 58.6. The monoisotopic (exact) mass is 1130 g/mol. The number of phosphoric ester groups is 1. The molecule has 3 unspecified atom stereocenters. The molecule has 9 nitrogen and oxygen atoms in total. The minimum atomic E-state index is -4.70. The molecule has 1 amide bonds. The summed E-state index contributed by atoms with van der Waals surface area (Å²) in [5.41, 5.74) is 0. The number of ether oxygens (including phenoxy) is 1. The molecule has 0 aromatic carbocycles. The Bertz CT molecular complexity index is 1580. The number of nitrogens with one attached hydrogen (secondary N) is 1. The van der Waals surface area contributed by atoms with Crippen LogP contribution in [0.3, 0.4) is 0 Å². The zero-order valence-electron chi connectivity index (χ0n) is 52.6. The first kappa shape index (κ1) is 76.5. The van der Waals surface area contributed by atoms with Crippen LogP contribution in [0.2, 0.25) is 0 Å². The van der Waals surface area contributed by atoms with Gasteiger partial charge >= 0.3 is 5.97 Å². The third kappa shape index (κ3) is 59.9. The van der Waals surface area contributed by atoms with Crippen molar-refractivity contribution < 1.29 is 37.3 Å². The SMILES string of the molecule is CCCCC/C=C\C/C=C\C/C=C\CCCCCCCCCCCCCCC(=O)OC(/C=C\CCCCCCCCCCC)C(COP(=O)([O-])OCC[N+](C)(C)C)NC(=O)CCCCCCCCC/C=C\C/C=C\CCCCC. The normalized spacial score (nSPS) is 14.1. The number of carbonyl (C=O) groups excluding carboxylic acids is 2. The average molecular weight is 1130 g/mol. The molecule has 0 rings (SSSR count). The van der Waals surface area contributed by atoms with E-state index in [4.69, 9.17) is 13.8 Å². The molecule has 460 valence electrons. The molecular formula is C69H127N2O7P. The molecule has 0 spiro atoms. The number of phosphoric acid groups is 1. The molecular weight excluding hydrogens is 1000 g/mol. The maximum absolute atomic E-state index is 13.5. The van der Waals surface area contributed by atoms with Gasteiger partial charge in [0.1, 0.15) is 19.3 Å². The fourth-order valence-corrected chi connectivity index (χ4v) is 10.2. The van der Waals surface area contributed by atoms with Gasteiger partial charge in [-0.2, -0.15) is 0 Å². The number of hydrogen-bond donors (Lipinski definition) is 1. The van der Waals surface area contributed by atoms with Crippen molar-refractivity contribution in [2.75, 3.05) is 40.9 Å². The number of carbonyl (C=O) groups is 2. The van der Waals surface area contributed by atoms with E-state index in [1.165, 1.54) is 180 Å². The highest BCUT2D eigenvalue weighted by atomic mass is 31.2. The van der Waals surface area contributed by atoms with Crippen molar-refractivity contribution in [2.45, 2.75) is 315 Å². The number of amides is 1. The topological polar surface area (TPSA) is 114 Å². The van der Waals surface area contributed by atoms with Crippen molar-refractivity contribution in [3.8, 4) is 0 Å². The molecule has 1 N–H and O–H groups in total. The largest absolute Gasteiger partial charge is 0.756 e. The van der Waals surface area contributed by atoms with Gasteiger partial charge in [-0.3, -0.25) is 14.2 Å². The van der Waals surface area contributed by atoms with Gasteiger partial charge in [-0.1, -0.05) is 261 Å². The number of esters is 1. The number of hydrogen-bond acceptors (Lipinski definition) is 7. The van der Waals surface area contributed by atoms with E-state index in [2.05, 4.69) is 86.8 Å². The molecule has 0 bridgehead atoms. The second-order valence-corrected chi connectivity index (χ2v) is 25.0. The number of quaternary nitrogens is 1. The van der Waals surface area contributed by atoms with Gasteiger partial charge in [0, 0.05) is 12.8 Å². The highest BCUT2D eigenvalue weighted by molar-refractivity contribution is 7.45. The van der Waals surface area contributed by atoms with Crippen molar-refractivity contribution in [2.24, 2.45) is 0 Å². The van der Waals surface area contributed by atoms with E-state index < -0.39 is 26.6 Å². The summed E-state index contributed by atoms with van der Waals surface area (Å²) in [5, 5.41) is 3.03. The molecule has 0 saturated heterocycles. The van der Waals surface area contributed by atoms with E-state index in [-0.39, 0.29) is 24.9 Å². The number of likely N-dealkylation sites (N-methyl/N-ethyl adjacent to an activating group) is 1. The number of allylic oxidation sites excluding steroid dienone is 11. The molecule has 0 aromatic heterocycles.